The normalized spacial score (nSPS) is 20.3. The number of carbonyl (C=O) groups is 3. The standard InChI is InChI=1S/C20H21N3O6S2/c1-28-8-10-9-30-19-14(18(25)23(19)15(10)20(26)27)22-13(24)7-21-17-16(29-2)11-5-3-4-6-12(11)31-17/h3-6,14,19,21H,7-9H2,1-2H3,(H,22,24)(H,26,27)/t14?,19-/m0/s1. The second-order valence-electron chi connectivity index (χ2n) is 6.96. The van der Waals surface area contributed by atoms with Crippen LogP contribution in [0.3, 0.4) is 0 Å². The molecule has 2 amide bonds. The Labute approximate surface area is 186 Å². The minimum Gasteiger partial charge on any atom is -0.493 e. The van der Waals surface area contributed by atoms with Gasteiger partial charge in [-0.25, -0.2) is 4.79 Å². The van der Waals surface area contributed by atoms with Gasteiger partial charge >= 0.3 is 5.97 Å². The third kappa shape index (κ3) is 3.84. The highest BCUT2D eigenvalue weighted by Crippen LogP contribution is 2.42. The first-order valence-corrected chi connectivity index (χ1v) is 11.3. The molecule has 0 saturated carbocycles. The molecule has 2 aliphatic rings. The van der Waals surface area contributed by atoms with Crippen molar-refractivity contribution in [2.75, 3.05) is 38.4 Å². The lowest BCUT2D eigenvalue weighted by molar-refractivity contribution is -0.150. The molecular weight excluding hydrogens is 442 g/mol. The lowest BCUT2D eigenvalue weighted by Gasteiger charge is -2.49. The highest BCUT2D eigenvalue weighted by molar-refractivity contribution is 8.00. The molecule has 0 spiro atoms. The number of aliphatic carboxylic acids is 1. The molecule has 1 saturated heterocycles. The number of hydrogen-bond donors (Lipinski definition) is 3. The van der Waals surface area contributed by atoms with Gasteiger partial charge in [0.25, 0.3) is 5.91 Å². The van der Waals surface area contributed by atoms with Crippen molar-refractivity contribution in [2.45, 2.75) is 11.4 Å². The van der Waals surface area contributed by atoms with Gasteiger partial charge in [0, 0.05) is 22.9 Å². The van der Waals surface area contributed by atoms with Crippen LogP contribution in [0.25, 0.3) is 10.1 Å². The average Bonchev–Trinajstić information content (AvgIpc) is 3.13. The van der Waals surface area contributed by atoms with Crippen LogP contribution in [0.2, 0.25) is 0 Å². The minimum atomic E-state index is -1.17. The van der Waals surface area contributed by atoms with Crippen molar-refractivity contribution in [3.63, 3.8) is 0 Å². The van der Waals surface area contributed by atoms with E-state index in [1.54, 1.807) is 7.11 Å². The van der Waals surface area contributed by atoms with E-state index in [-0.39, 0.29) is 24.8 Å². The third-order valence-electron chi connectivity index (χ3n) is 5.05. The zero-order valence-corrected chi connectivity index (χ0v) is 18.5. The number of carboxylic acids is 1. The summed E-state index contributed by atoms with van der Waals surface area (Å²) in [4.78, 5) is 38.0. The molecule has 3 heterocycles. The lowest BCUT2D eigenvalue weighted by atomic mass is 10.0. The summed E-state index contributed by atoms with van der Waals surface area (Å²) >= 11 is 2.89. The Morgan fingerprint density at radius 2 is 2.06 bits per heavy atom. The number of thioether (sulfide) groups is 1. The number of hydrogen-bond acceptors (Lipinski definition) is 8. The number of carboxylic acid groups (broad SMARTS) is 1. The average molecular weight is 464 g/mol. The van der Waals surface area contributed by atoms with Crippen LogP contribution < -0.4 is 15.4 Å². The second kappa shape index (κ2) is 8.77. The highest BCUT2D eigenvalue weighted by Gasteiger charge is 2.54. The smallest absolute Gasteiger partial charge is 0.352 e. The highest BCUT2D eigenvalue weighted by atomic mass is 32.2. The Morgan fingerprint density at radius 1 is 1.29 bits per heavy atom. The van der Waals surface area contributed by atoms with Crippen molar-refractivity contribution in [2.24, 2.45) is 0 Å². The third-order valence-corrected chi connectivity index (χ3v) is 7.50. The first-order chi connectivity index (χ1) is 15.0. The molecule has 1 aromatic heterocycles. The summed E-state index contributed by atoms with van der Waals surface area (Å²) in [6.07, 6.45) is 0. The molecule has 164 valence electrons. The minimum absolute atomic E-state index is 0.0408. The van der Waals surface area contributed by atoms with Gasteiger partial charge in [0.15, 0.2) is 5.75 Å². The molecule has 0 radical (unpaired) electrons. The first-order valence-electron chi connectivity index (χ1n) is 9.44. The fourth-order valence-corrected chi connectivity index (χ4v) is 6.09. The molecule has 0 bridgehead atoms. The van der Waals surface area contributed by atoms with Crippen LogP contribution in [0.4, 0.5) is 5.00 Å². The maximum absolute atomic E-state index is 12.6. The van der Waals surface area contributed by atoms with Crippen LogP contribution in [0.1, 0.15) is 0 Å². The van der Waals surface area contributed by atoms with E-state index in [2.05, 4.69) is 10.6 Å². The molecule has 2 aliphatic heterocycles. The number of carbonyl (C=O) groups excluding carboxylic acids is 2. The van der Waals surface area contributed by atoms with Gasteiger partial charge in [-0.3, -0.25) is 14.5 Å². The summed E-state index contributed by atoms with van der Waals surface area (Å²) in [5.74, 6) is -0.872. The molecule has 4 rings (SSSR count). The predicted octanol–water partition coefficient (Wildman–Crippen LogP) is 1.71. The summed E-state index contributed by atoms with van der Waals surface area (Å²) in [6, 6.07) is 7.01. The fraction of sp³-hybridized carbons (Fsp3) is 0.350. The fourth-order valence-electron chi connectivity index (χ4n) is 3.69. The molecule has 2 atom stereocenters. The molecule has 1 unspecified atom stereocenters. The lowest BCUT2D eigenvalue weighted by Crippen LogP contribution is -2.71. The number of rotatable bonds is 8. The molecule has 31 heavy (non-hydrogen) atoms. The van der Waals surface area contributed by atoms with Crippen LogP contribution in [0.5, 0.6) is 5.75 Å². The van der Waals surface area contributed by atoms with Gasteiger partial charge in [0.1, 0.15) is 22.1 Å². The number of nitrogens with one attached hydrogen (secondary N) is 2. The van der Waals surface area contributed by atoms with Gasteiger partial charge in [-0.2, -0.15) is 0 Å². The monoisotopic (exact) mass is 463 g/mol. The van der Waals surface area contributed by atoms with Gasteiger partial charge in [0.05, 0.1) is 20.3 Å². The molecule has 2 aromatic rings. The molecular formula is C20H21N3O6S2. The van der Waals surface area contributed by atoms with Crippen molar-refractivity contribution >= 4 is 56.0 Å². The maximum atomic E-state index is 12.6. The predicted molar refractivity (Wildman–Crippen MR) is 118 cm³/mol. The van der Waals surface area contributed by atoms with E-state index in [9.17, 15) is 19.5 Å². The van der Waals surface area contributed by atoms with E-state index in [1.807, 2.05) is 24.3 Å². The van der Waals surface area contributed by atoms with Gasteiger partial charge in [0.2, 0.25) is 5.91 Å². The number of β-lactam (4-membered cyclic amide) rings is 1. The first kappa shape index (κ1) is 21.5. The van der Waals surface area contributed by atoms with Crippen molar-refractivity contribution in [3.05, 3.63) is 35.5 Å². The SMILES string of the molecule is COCC1=C(C(=O)O)N2C(=O)C(NC(=O)CNc3sc4ccccc4c3OC)[C@@H]2SC1. The van der Waals surface area contributed by atoms with E-state index in [4.69, 9.17) is 9.47 Å². The van der Waals surface area contributed by atoms with Gasteiger partial charge in [-0.05, 0) is 17.7 Å². The van der Waals surface area contributed by atoms with Gasteiger partial charge < -0.3 is 25.2 Å². The summed E-state index contributed by atoms with van der Waals surface area (Å²) in [5, 5.41) is 16.6. The van der Waals surface area contributed by atoms with Crippen molar-refractivity contribution in [3.8, 4) is 5.75 Å². The number of nitrogens with zero attached hydrogens (tertiary/aromatic N) is 1. The Balaban J connectivity index is 1.41. The number of anilines is 1. The maximum Gasteiger partial charge on any atom is 0.352 e. The van der Waals surface area contributed by atoms with E-state index < -0.39 is 23.3 Å². The van der Waals surface area contributed by atoms with E-state index >= 15 is 0 Å². The van der Waals surface area contributed by atoms with Gasteiger partial charge in [-0.1, -0.05) is 12.1 Å². The van der Waals surface area contributed by atoms with Crippen molar-refractivity contribution < 1.29 is 29.0 Å². The molecule has 1 fully saturated rings. The van der Waals surface area contributed by atoms with E-state index in [1.165, 1.54) is 35.1 Å². The second-order valence-corrected chi connectivity index (χ2v) is 9.12. The summed E-state index contributed by atoms with van der Waals surface area (Å²) in [6.45, 7) is 0.101. The molecule has 0 aliphatic carbocycles. The van der Waals surface area contributed by atoms with Crippen LogP contribution in [-0.4, -0.2) is 72.3 Å². The summed E-state index contributed by atoms with van der Waals surface area (Å²) in [7, 11) is 3.05. The Kier molecular flexibility index (Phi) is 6.08. The zero-order valence-electron chi connectivity index (χ0n) is 16.8. The molecule has 1 aromatic carbocycles. The quantitative estimate of drug-likeness (QED) is 0.507. The largest absolute Gasteiger partial charge is 0.493 e. The number of thiophene rings is 1. The van der Waals surface area contributed by atoms with Crippen LogP contribution in [-0.2, 0) is 19.1 Å². The number of fused-ring (bicyclic) bond motifs is 2. The molecule has 11 heteroatoms. The van der Waals surface area contributed by atoms with E-state index in [0.717, 1.165) is 15.1 Å². The summed E-state index contributed by atoms with van der Waals surface area (Å²) < 4.78 is 11.6. The molecule has 9 nitrogen and oxygen atoms in total. The van der Waals surface area contributed by atoms with Crippen LogP contribution in [0, 0.1) is 0 Å². The summed E-state index contributed by atoms with van der Waals surface area (Å²) in [5.41, 5.74) is 0.502. The van der Waals surface area contributed by atoms with Crippen molar-refractivity contribution in [1.82, 2.24) is 10.2 Å². The number of ether oxygens (including phenoxy) is 2. The number of benzene rings is 1. The van der Waals surface area contributed by atoms with Crippen LogP contribution >= 0.6 is 23.1 Å². The van der Waals surface area contributed by atoms with Crippen LogP contribution in [0.15, 0.2) is 35.5 Å². The topological polar surface area (TPSA) is 117 Å². The Morgan fingerprint density at radius 3 is 2.77 bits per heavy atom. The Bertz CT molecular complexity index is 1080. The Hall–Kier alpha value is -2.76. The number of amides is 2. The van der Waals surface area contributed by atoms with E-state index in [0.29, 0.717) is 17.1 Å². The number of methoxy groups -OCH3 is 2. The van der Waals surface area contributed by atoms with Crippen molar-refractivity contribution in [1.29, 1.82) is 0 Å². The zero-order chi connectivity index (χ0) is 22.1. The van der Waals surface area contributed by atoms with Gasteiger partial charge in [-0.15, -0.1) is 23.1 Å². The molecule has 3 N–H and O–H groups in total.